The molecule has 0 spiro atoms. The first kappa shape index (κ1) is 19.0. The number of thiazole rings is 1. The van der Waals surface area contributed by atoms with Gasteiger partial charge in [-0.05, 0) is 55.2 Å². The summed E-state index contributed by atoms with van der Waals surface area (Å²) in [4.78, 5) is 17.1. The normalized spacial score (nSPS) is 18.2. The molecule has 2 aromatic carbocycles. The van der Waals surface area contributed by atoms with E-state index in [0.717, 1.165) is 23.1 Å². The molecule has 1 aliphatic heterocycles. The molecule has 1 aliphatic rings. The molecule has 4 rings (SSSR count). The highest BCUT2D eigenvalue weighted by Gasteiger charge is 2.28. The average Bonchev–Trinajstić information content (AvgIpc) is 3.10. The van der Waals surface area contributed by atoms with E-state index in [1.54, 1.807) is 12.1 Å². The van der Waals surface area contributed by atoms with Gasteiger partial charge in [0.25, 0.3) is 5.91 Å². The molecule has 0 radical (unpaired) electrons. The molecule has 146 valence electrons. The maximum absolute atomic E-state index is 12.8. The highest BCUT2D eigenvalue weighted by molar-refractivity contribution is 7.89. The summed E-state index contributed by atoms with van der Waals surface area (Å²) in [6.45, 7) is 3.16. The Morgan fingerprint density at radius 2 is 1.93 bits per heavy atom. The summed E-state index contributed by atoms with van der Waals surface area (Å²) in [5.41, 5.74) is 1.23. The van der Waals surface area contributed by atoms with Crippen LogP contribution in [0.2, 0.25) is 0 Å². The lowest BCUT2D eigenvalue weighted by molar-refractivity contribution is 0.102. The van der Waals surface area contributed by atoms with E-state index < -0.39 is 10.0 Å². The smallest absolute Gasteiger partial charge is 0.257 e. The highest BCUT2D eigenvalue weighted by Crippen LogP contribution is 2.26. The number of para-hydroxylation sites is 1. The molecule has 1 amide bonds. The zero-order chi connectivity index (χ0) is 19.7. The van der Waals surface area contributed by atoms with Crippen LogP contribution in [0, 0.1) is 5.92 Å². The number of sulfonamides is 1. The number of hydrogen-bond donors (Lipinski definition) is 1. The van der Waals surface area contributed by atoms with Gasteiger partial charge in [0.1, 0.15) is 0 Å². The van der Waals surface area contributed by atoms with Gasteiger partial charge >= 0.3 is 0 Å². The Bertz CT molecular complexity index is 1070. The van der Waals surface area contributed by atoms with Crippen LogP contribution in [0.3, 0.4) is 0 Å². The van der Waals surface area contributed by atoms with Gasteiger partial charge in [0, 0.05) is 18.7 Å². The fourth-order valence-electron chi connectivity index (χ4n) is 3.39. The van der Waals surface area contributed by atoms with Gasteiger partial charge < -0.3 is 0 Å². The van der Waals surface area contributed by atoms with Crippen LogP contribution in [0.25, 0.3) is 10.2 Å². The highest BCUT2D eigenvalue weighted by atomic mass is 32.2. The molecular formula is C20H21N3O3S2. The standard InChI is InChI=1S/C20H21N3O3S2/c1-14-5-4-12-23(13-14)28(25,26)16-10-8-15(9-11-16)19(24)22-20-21-17-6-2-3-7-18(17)27-20/h2-3,6-11,14H,4-5,12-13H2,1H3,(H,21,22,24). The number of carbonyl (C=O) groups is 1. The Morgan fingerprint density at radius 1 is 1.18 bits per heavy atom. The molecule has 3 aromatic rings. The van der Waals surface area contributed by atoms with Gasteiger partial charge in [-0.1, -0.05) is 30.4 Å². The third kappa shape index (κ3) is 3.80. The lowest BCUT2D eigenvalue weighted by Crippen LogP contribution is -2.39. The SMILES string of the molecule is CC1CCCN(S(=O)(=O)c2ccc(C(=O)Nc3nc4ccccc4s3)cc2)C1. The third-order valence-corrected chi connectivity index (χ3v) is 7.72. The first-order valence-electron chi connectivity index (χ1n) is 9.20. The zero-order valence-electron chi connectivity index (χ0n) is 15.5. The fourth-order valence-corrected chi connectivity index (χ4v) is 5.85. The Labute approximate surface area is 168 Å². The van der Waals surface area contributed by atoms with Crippen molar-refractivity contribution >= 4 is 42.6 Å². The molecule has 1 unspecified atom stereocenters. The number of fused-ring (bicyclic) bond motifs is 1. The molecule has 2 heterocycles. The van der Waals surface area contributed by atoms with Crippen molar-refractivity contribution in [1.82, 2.24) is 9.29 Å². The lowest BCUT2D eigenvalue weighted by atomic mass is 10.0. The van der Waals surface area contributed by atoms with Crippen LogP contribution >= 0.6 is 11.3 Å². The monoisotopic (exact) mass is 415 g/mol. The van der Waals surface area contributed by atoms with Gasteiger partial charge in [-0.15, -0.1) is 0 Å². The van der Waals surface area contributed by atoms with E-state index in [2.05, 4.69) is 17.2 Å². The van der Waals surface area contributed by atoms with E-state index in [4.69, 9.17) is 0 Å². The van der Waals surface area contributed by atoms with Gasteiger partial charge in [0.2, 0.25) is 10.0 Å². The number of benzene rings is 2. The molecule has 28 heavy (non-hydrogen) atoms. The average molecular weight is 416 g/mol. The maximum Gasteiger partial charge on any atom is 0.257 e. The van der Waals surface area contributed by atoms with Crippen LogP contribution in [0.15, 0.2) is 53.4 Å². The van der Waals surface area contributed by atoms with E-state index in [-0.39, 0.29) is 10.8 Å². The first-order valence-corrected chi connectivity index (χ1v) is 11.5. The quantitative estimate of drug-likeness (QED) is 0.699. The Kier molecular flexibility index (Phi) is 5.18. The topological polar surface area (TPSA) is 79.4 Å². The van der Waals surface area contributed by atoms with Crippen molar-refractivity contribution in [3.05, 3.63) is 54.1 Å². The Hall–Kier alpha value is -2.29. The van der Waals surface area contributed by atoms with Crippen LogP contribution in [0.4, 0.5) is 5.13 Å². The summed E-state index contributed by atoms with van der Waals surface area (Å²) < 4.78 is 28.2. The molecule has 0 saturated carbocycles. The second-order valence-corrected chi connectivity index (χ2v) is 10.0. The van der Waals surface area contributed by atoms with Gasteiger partial charge in [0.15, 0.2) is 5.13 Å². The van der Waals surface area contributed by atoms with Crippen LogP contribution < -0.4 is 5.32 Å². The summed E-state index contributed by atoms with van der Waals surface area (Å²) in [5, 5.41) is 3.30. The molecule has 0 aliphatic carbocycles. The number of carbonyl (C=O) groups excluding carboxylic acids is 1. The van der Waals surface area contributed by atoms with Gasteiger partial charge in [-0.3, -0.25) is 10.1 Å². The molecule has 1 fully saturated rings. The summed E-state index contributed by atoms with van der Waals surface area (Å²) >= 11 is 1.40. The number of hydrogen-bond acceptors (Lipinski definition) is 5. The molecule has 1 N–H and O–H groups in total. The Balaban J connectivity index is 1.50. The largest absolute Gasteiger partial charge is 0.298 e. The second-order valence-electron chi connectivity index (χ2n) is 7.08. The number of aromatic nitrogens is 1. The molecule has 1 aromatic heterocycles. The summed E-state index contributed by atoms with van der Waals surface area (Å²) in [5.74, 6) is 0.0528. The van der Waals surface area contributed by atoms with E-state index in [0.29, 0.717) is 29.7 Å². The van der Waals surface area contributed by atoms with Crippen molar-refractivity contribution in [2.45, 2.75) is 24.7 Å². The Morgan fingerprint density at radius 3 is 2.64 bits per heavy atom. The maximum atomic E-state index is 12.8. The van der Waals surface area contributed by atoms with Gasteiger partial charge in [-0.2, -0.15) is 4.31 Å². The van der Waals surface area contributed by atoms with Crippen molar-refractivity contribution in [3.8, 4) is 0 Å². The number of nitrogens with zero attached hydrogens (tertiary/aromatic N) is 2. The fraction of sp³-hybridized carbons (Fsp3) is 0.300. The summed E-state index contributed by atoms with van der Waals surface area (Å²) in [6.07, 6.45) is 1.93. The van der Waals surface area contributed by atoms with Crippen LogP contribution in [-0.2, 0) is 10.0 Å². The van der Waals surface area contributed by atoms with E-state index in [1.165, 1.54) is 27.8 Å². The minimum atomic E-state index is -3.52. The predicted molar refractivity (Wildman–Crippen MR) is 111 cm³/mol. The minimum absolute atomic E-state index is 0.220. The molecule has 0 bridgehead atoms. The first-order chi connectivity index (χ1) is 13.4. The number of anilines is 1. The lowest BCUT2D eigenvalue weighted by Gasteiger charge is -2.30. The second kappa shape index (κ2) is 7.62. The molecule has 1 atom stereocenters. The van der Waals surface area contributed by atoms with Crippen molar-refractivity contribution in [3.63, 3.8) is 0 Å². The number of nitrogens with one attached hydrogen (secondary N) is 1. The van der Waals surface area contributed by atoms with Gasteiger partial charge in [-0.25, -0.2) is 13.4 Å². The van der Waals surface area contributed by atoms with E-state index >= 15 is 0 Å². The predicted octanol–water partition coefficient (Wildman–Crippen LogP) is 3.97. The van der Waals surface area contributed by atoms with Crippen molar-refractivity contribution in [2.24, 2.45) is 5.92 Å². The van der Waals surface area contributed by atoms with Crippen LogP contribution in [0.1, 0.15) is 30.1 Å². The number of rotatable bonds is 4. The molecule has 8 heteroatoms. The van der Waals surface area contributed by atoms with Crippen molar-refractivity contribution in [1.29, 1.82) is 0 Å². The molecule has 6 nitrogen and oxygen atoms in total. The van der Waals surface area contributed by atoms with E-state index in [9.17, 15) is 13.2 Å². The summed E-state index contributed by atoms with van der Waals surface area (Å²) in [7, 11) is -3.52. The minimum Gasteiger partial charge on any atom is -0.298 e. The number of amides is 1. The summed E-state index contributed by atoms with van der Waals surface area (Å²) in [6, 6.07) is 13.8. The molecule has 1 saturated heterocycles. The zero-order valence-corrected chi connectivity index (χ0v) is 17.1. The van der Waals surface area contributed by atoms with Crippen molar-refractivity contribution < 1.29 is 13.2 Å². The van der Waals surface area contributed by atoms with E-state index in [1.807, 2.05) is 24.3 Å². The number of piperidine rings is 1. The third-order valence-electron chi connectivity index (χ3n) is 4.89. The van der Waals surface area contributed by atoms with Gasteiger partial charge in [0.05, 0.1) is 15.1 Å². The van der Waals surface area contributed by atoms with Crippen LogP contribution in [0.5, 0.6) is 0 Å². The van der Waals surface area contributed by atoms with Crippen LogP contribution in [-0.4, -0.2) is 36.7 Å². The molecular weight excluding hydrogens is 394 g/mol. The van der Waals surface area contributed by atoms with Crippen molar-refractivity contribution in [2.75, 3.05) is 18.4 Å².